The van der Waals surface area contributed by atoms with Gasteiger partial charge in [0.1, 0.15) is 0 Å². The summed E-state index contributed by atoms with van der Waals surface area (Å²) in [6.45, 7) is 4.54. The van der Waals surface area contributed by atoms with Crippen LogP contribution in [0.3, 0.4) is 0 Å². The van der Waals surface area contributed by atoms with E-state index in [1.165, 1.54) is 30.5 Å². The van der Waals surface area contributed by atoms with Crippen LogP contribution in [0.5, 0.6) is 0 Å². The molecule has 0 amide bonds. The molecule has 1 aliphatic heterocycles. The zero-order valence-corrected chi connectivity index (χ0v) is 11.8. The lowest BCUT2D eigenvalue weighted by Crippen LogP contribution is -2.34. The van der Waals surface area contributed by atoms with Crippen molar-refractivity contribution in [1.82, 2.24) is 0 Å². The number of piperidine rings is 1. The van der Waals surface area contributed by atoms with Crippen molar-refractivity contribution in [2.75, 3.05) is 18.0 Å². The summed E-state index contributed by atoms with van der Waals surface area (Å²) in [6, 6.07) is 6.00. The molecule has 17 heavy (non-hydrogen) atoms. The molecule has 3 heteroatoms. The van der Waals surface area contributed by atoms with E-state index in [1.54, 1.807) is 0 Å². The second kappa shape index (κ2) is 5.97. The van der Waals surface area contributed by atoms with Crippen LogP contribution in [0.25, 0.3) is 0 Å². The number of hydrogen-bond acceptors (Lipinski definition) is 1. The maximum atomic E-state index is 6.08. The fourth-order valence-electron chi connectivity index (χ4n) is 2.53. The number of hydrogen-bond donors (Lipinski definition) is 0. The number of nitrogens with zero attached hydrogens (tertiary/aromatic N) is 1. The molecule has 0 bridgehead atoms. The second-order valence-corrected chi connectivity index (χ2v) is 5.45. The average Bonchev–Trinajstić information content (AvgIpc) is 2.39. The smallest absolute Gasteiger partial charge is 0.0494 e. The minimum atomic E-state index is 0.556. The van der Waals surface area contributed by atoms with Crippen molar-refractivity contribution in [3.63, 3.8) is 0 Å². The summed E-state index contributed by atoms with van der Waals surface area (Å²) >= 11 is 12.1. The van der Waals surface area contributed by atoms with Crippen molar-refractivity contribution in [3.8, 4) is 0 Å². The van der Waals surface area contributed by atoms with Crippen molar-refractivity contribution in [2.24, 2.45) is 5.92 Å². The van der Waals surface area contributed by atoms with Gasteiger partial charge in [-0.3, -0.25) is 0 Å². The molecule has 2 rings (SSSR count). The maximum absolute atomic E-state index is 6.08. The van der Waals surface area contributed by atoms with Crippen LogP contribution in [-0.4, -0.2) is 13.1 Å². The Labute approximate surface area is 114 Å². The SMILES string of the molecule is CCC1CCN(c2cc(Cl)ccc2CCl)CC1. The number of anilines is 1. The molecule has 1 aromatic carbocycles. The first-order valence-electron chi connectivity index (χ1n) is 6.34. The largest absolute Gasteiger partial charge is 0.371 e. The van der Waals surface area contributed by atoms with E-state index in [0.717, 1.165) is 24.0 Å². The van der Waals surface area contributed by atoms with Crippen LogP contribution >= 0.6 is 23.2 Å². The predicted molar refractivity (Wildman–Crippen MR) is 76.2 cm³/mol. The Morgan fingerprint density at radius 2 is 2.00 bits per heavy atom. The molecule has 0 aromatic heterocycles. The Morgan fingerprint density at radius 3 is 2.59 bits per heavy atom. The quantitative estimate of drug-likeness (QED) is 0.720. The van der Waals surface area contributed by atoms with E-state index in [0.29, 0.717) is 5.88 Å². The summed E-state index contributed by atoms with van der Waals surface area (Å²) in [5, 5.41) is 0.798. The zero-order valence-electron chi connectivity index (χ0n) is 10.3. The summed E-state index contributed by atoms with van der Waals surface area (Å²) in [7, 11) is 0. The monoisotopic (exact) mass is 271 g/mol. The minimum Gasteiger partial charge on any atom is -0.371 e. The average molecular weight is 272 g/mol. The molecule has 0 aliphatic carbocycles. The molecular formula is C14H19Cl2N. The van der Waals surface area contributed by atoms with Crippen LogP contribution in [0.15, 0.2) is 18.2 Å². The molecule has 0 atom stereocenters. The van der Waals surface area contributed by atoms with Crippen molar-refractivity contribution in [3.05, 3.63) is 28.8 Å². The topological polar surface area (TPSA) is 3.24 Å². The van der Waals surface area contributed by atoms with Crippen molar-refractivity contribution < 1.29 is 0 Å². The third-order valence-electron chi connectivity index (χ3n) is 3.72. The van der Waals surface area contributed by atoms with Gasteiger partial charge in [0.05, 0.1) is 0 Å². The van der Waals surface area contributed by atoms with Gasteiger partial charge in [0, 0.05) is 29.7 Å². The third kappa shape index (κ3) is 3.08. The molecule has 94 valence electrons. The van der Waals surface area contributed by atoms with Crippen LogP contribution in [-0.2, 0) is 5.88 Å². The van der Waals surface area contributed by atoms with Crippen LogP contribution < -0.4 is 4.90 Å². The molecule has 1 aliphatic rings. The van der Waals surface area contributed by atoms with Crippen LogP contribution in [0.4, 0.5) is 5.69 Å². The van der Waals surface area contributed by atoms with E-state index < -0.39 is 0 Å². The molecule has 1 aromatic rings. The molecule has 1 heterocycles. The van der Waals surface area contributed by atoms with Gasteiger partial charge in [-0.25, -0.2) is 0 Å². The number of halogens is 2. The highest BCUT2D eigenvalue weighted by Crippen LogP contribution is 2.30. The fraction of sp³-hybridized carbons (Fsp3) is 0.571. The van der Waals surface area contributed by atoms with Crippen molar-refractivity contribution in [1.29, 1.82) is 0 Å². The Morgan fingerprint density at radius 1 is 1.29 bits per heavy atom. The lowest BCUT2D eigenvalue weighted by atomic mass is 9.94. The third-order valence-corrected chi connectivity index (χ3v) is 4.25. The van der Waals surface area contributed by atoms with E-state index in [4.69, 9.17) is 23.2 Å². The van der Waals surface area contributed by atoms with Gasteiger partial charge in [0.15, 0.2) is 0 Å². The molecule has 0 saturated carbocycles. The Bertz CT molecular complexity index is 370. The van der Waals surface area contributed by atoms with Gasteiger partial charge >= 0.3 is 0 Å². The minimum absolute atomic E-state index is 0.556. The summed E-state index contributed by atoms with van der Waals surface area (Å²) in [4.78, 5) is 2.43. The first kappa shape index (κ1) is 13.0. The first-order chi connectivity index (χ1) is 8.24. The Hall–Kier alpha value is -0.400. The van der Waals surface area contributed by atoms with Gasteiger partial charge in [-0.2, -0.15) is 0 Å². The van der Waals surface area contributed by atoms with Crippen LogP contribution in [0.1, 0.15) is 31.7 Å². The van der Waals surface area contributed by atoms with Gasteiger partial charge in [-0.15, -0.1) is 11.6 Å². The highest BCUT2D eigenvalue weighted by Gasteiger charge is 2.19. The predicted octanol–water partition coefficient (Wildman–Crippen LogP) is 4.71. The van der Waals surface area contributed by atoms with Crippen molar-refractivity contribution >= 4 is 28.9 Å². The standard InChI is InChI=1S/C14H19Cl2N/c1-2-11-5-7-17(8-6-11)14-9-13(16)4-3-12(14)10-15/h3-4,9,11H,2,5-8,10H2,1H3. The van der Waals surface area contributed by atoms with E-state index in [-0.39, 0.29) is 0 Å². The second-order valence-electron chi connectivity index (χ2n) is 4.75. The first-order valence-corrected chi connectivity index (χ1v) is 7.25. The van der Waals surface area contributed by atoms with Crippen molar-refractivity contribution in [2.45, 2.75) is 32.1 Å². The molecular weight excluding hydrogens is 253 g/mol. The van der Waals surface area contributed by atoms with E-state index in [1.807, 2.05) is 18.2 Å². The molecule has 1 saturated heterocycles. The zero-order chi connectivity index (χ0) is 12.3. The Balaban J connectivity index is 2.14. The molecule has 1 fully saturated rings. The van der Waals surface area contributed by atoms with E-state index in [2.05, 4.69) is 11.8 Å². The van der Waals surface area contributed by atoms with E-state index in [9.17, 15) is 0 Å². The number of alkyl halides is 1. The molecule has 0 spiro atoms. The fourth-order valence-corrected chi connectivity index (χ4v) is 2.92. The van der Waals surface area contributed by atoms with Crippen LogP contribution in [0, 0.1) is 5.92 Å². The summed E-state index contributed by atoms with van der Waals surface area (Å²) < 4.78 is 0. The lowest BCUT2D eigenvalue weighted by Gasteiger charge is -2.34. The van der Waals surface area contributed by atoms with Gasteiger partial charge in [-0.05, 0) is 36.5 Å². The summed E-state index contributed by atoms with van der Waals surface area (Å²) in [6.07, 6.45) is 3.86. The normalized spacial score (nSPS) is 17.5. The summed E-state index contributed by atoms with van der Waals surface area (Å²) in [5.41, 5.74) is 2.41. The molecule has 0 N–H and O–H groups in total. The van der Waals surface area contributed by atoms with Crippen LogP contribution in [0.2, 0.25) is 5.02 Å². The van der Waals surface area contributed by atoms with E-state index >= 15 is 0 Å². The molecule has 0 radical (unpaired) electrons. The summed E-state index contributed by atoms with van der Waals surface area (Å²) in [5.74, 6) is 1.45. The van der Waals surface area contributed by atoms with Gasteiger partial charge in [0.2, 0.25) is 0 Å². The molecule has 1 nitrogen and oxygen atoms in total. The van der Waals surface area contributed by atoms with Gasteiger partial charge in [-0.1, -0.05) is 31.0 Å². The number of benzene rings is 1. The maximum Gasteiger partial charge on any atom is 0.0494 e. The molecule has 0 unspecified atom stereocenters. The highest BCUT2D eigenvalue weighted by molar-refractivity contribution is 6.31. The lowest BCUT2D eigenvalue weighted by molar-refractivity contribution is 0.395. The van der Waals surface area contributed by atoms with Gasteiger partial charge in [0.25, 0.3) is 0 Å². The Kier molecular flexibility index (Phi) is 4.58. The van der Waals surface area contributed by atoms with Gasteiger partial charge < -0.3 is 4.90 Å². The highest BCUT2D eigenvalue weighted by atomic mass is 35.5. The number of rotatable bonds is 3.